The highest BCUT2D eigenvalue weighted by Crippen LogP contribution is 2.21. The lowest BCUT2D eigenvalue weighted by molar-refractivity contribution is 0.0963. The minimum absolute atomic E-state index is 0.114. The molecule has 4 nitrogen and oxygen atoms in total. The van der Waals surface area contributed by atoms with Crippen molar-refractivity contribution in [2.75, 3.05) is 0 Å². The number of nitrogens with zero attached hydrogens (tertiary/aromatic N) is 1. The SMILES string of the molecule is Cc1cc2c(nc1C(N)=O)CCCC2=O. The van der Waals surface area contributed by atoms with Gasteiger partial charge in [0.05, 0.1) is 5.69 Å². The molecule has 4 heteroatoms. The lowest BCUT2D eigenvalue weighted by Crippen LogP contribution is -2.20. The lowest BCUT2D eigenvalue weighted by Gasteiger charge is -2.15. The Hall–Kier alpha value is -1.71. The van der Waals surface area contributed by atoms with Crippen molar-refractivity contribution in [2.45, 2.75) is 26.2 Å². The van der Waals surface area contributed by atoms with E-state index in [1.54, 1.807) is 13.0 Å². The van der Waals surface area contributed by atoms with Crippen molar-refractivity contribution < 1.29 is 9.59 Å². The van der Waals surface area contributed by atoms with Crippen LogP contribution in [0.15, 0.2) is 6.07 Å². The van der Waals surface area contributed by atoms with E-state index in [-0.39, 0.29) is 11.5 Å². The largest absolute Gasteiger partial charge is 0.364 e. The number of nitrogens with two attached hydrogens (primary N) is 1. The summed E-state index contributed by atoms with van der Waals surface area (Å²) in [5.41, 5.74) is 7.52. The van der Waals surface area contributed by atoms with Crippen LogP contribution in [0.4, 0.5) is 0 Å². The third-order valence-corrected chi connectivity index (χ3v) is 2.64. The monoisotopic (exact) mass is 204 g/mol. The predicted octanol–water partition coefficient (Wildman–Crippen LogP) is 1.01. The van der Waals surface area contributed by atoms with E-state index >= 15 is 0 Å². The van der Waals surface area contributed by atoms with E-state index in [1.165, 1.54) is 0 Å². The molecule has 0 aromatic carbocycles. The Morgan fingerprint density at radius 2 is 2.20 bits per heavy atom. The maximum atomic E-state index is 11.6. The van der Waals surface area contributed by atoms with Crippen LogP contribution in [0, 0.1) is 6.92 Å². The van der Waals surface area contributed by atoms with Gasteiger partial charge in [0.1, 0.15) is 5.69 Å². The van der Waals surface area contributed by atoms with Crippen LogP contribution >= 0.6 is 0 Å². The van der Waals surface area contributed by atoms with Gasteiger partial charge in [0.15, 0.2) is 5.78 Å². The average molecular weight is 204 g/mol. The van der Waals surface area contributed by atoms with Crippen LogP contribution in [-0.4, -0.2) is 16.7 Å². The third kappa shape index (κ3) is 1.63. The first kappa shape index (κ1) is 9.83. The van der Waals surface area contributed by atoms with Crippen LogP contribution in [0.3, 0.4) is 0 Å². The smallest absolute Gasteiger partial charge is 0.267 e. The van der Waals surface area contributed by atoms with Crippen molar-refractivity contribution in [3.8, 4) is 0 Å². The van der Waals surface area contributed by atoms with E-state index in [2.05, 4.69) is 4.98 Å². The van der Waals surface area contributed by atoms with Gasteiger partial charge in [0.25, 0.3) is 5.91 Å². The number of aryl methyl sites for hydroxylation is 2. The standard InChI is InChI=1S/C11H12N2O2/c1-6-5-7-8(3-2-4-9(7)14)13-10(6)11(12)15/h5H,2-4H2,1H3,(H2,12,15). The van der Waals surface area contributed by atoms with Crippen LogP contribution in [0.2, 0.25) is 0 Å². The van der Waals surface area contributed by atoms with Crippen LogP contribution in [0.5, 0.6) is 0 Å². The number of aromatic nitrogens is 1. The lowest BCUT2D eigenvalue weighted by atomic mass is 9.93. The zero-order valence-corrected chi connectivity index (χ0v) is 8.54. The molecule has 1 aromatic heterocycles. The maximum Gasteiger partial charge on any atom is 0.267 e. The van der Waals surface area contributed by atoms with E-state index in [0.29, 0.717) is 23.2 Å². The Morgan fingerprint density at radius 3 is 2.87 bits per heavy atom. The third-order valence-electron chi connectivity index (χ3n) is 2.64. The van der Waals surface area contributed by atoms with Gasteiger partial charge in [-0.05, 0) is 31.4 Å². The highest BCUT2D eigenvalue weighted by molar-refractivity contribution is 5.99. The summed E-state index contributed by atoms with van der Waals surface area (Å²) in [6, 6.07) is 1.73. The number of fused-ring (bicyclic) bond motifs is 1. The first-order valence-corrected chi connectivity index (χ1v) is 4.93. The fourth-order valence-electron chi connectivity index (χ4n) is 1.88. The molecule has 0 radical (unpaired) electrons. The maximum absolute atomic E-state index is 11.6. The van der Waals surface area contributed by atoms with Crippen molar-refractivity contribution >= 4 is 11.7 Å². The summed E-state index contributed by atoms with van der Waals surface area (Å²) in [4.78, 5) is 26.8. The first-order valence-electron chi connectivity index (χ1n) is 4.93. The Kier molecular flexibility index (Phi) is 2.26. The van der Waals surface area contributed by atoms with Crippen LogP contribution in [-0.2, 0) is 6.42 Å². The van der Waals surface area contributed by atoms with E-state index in [0.717, 1.165) is 12.8 Å². The summed E-state index contributed by atoms with van der Waals surface area (Å²) in [6.07, 6.45) is 2.13. The second-order valence-electron chi connectivity index (χ2n) is 3.79. The summed E-state index contributed by atoms with van der Waals surface area (Å²) in [7, 11) is 0. The normalized spacial score (nSPS) is 14.9. The molecule has 1 aromatic rings. The van der Waals surface area contributed by atoms with Crippen LogP contribution in [0.1, 0.15) is 44.9 Å². The van der Waals surface area contributed by atoms with Crippen molar-refractivity contribution in [2.24, 2.45) is 5.73 Å². The number of Topliss-reactive ketones (excluding diaryl/α,β-unsaturated/α-hetero) is 1. The van der Waals surface area contributed by atoms with Crippen LogP contribution in [0.25, 0.3) is 0 Å². The number of pyridine rings is 1. The molecule has 1 heterocycles. The van der Waals surface area contributed by atoms with Gasteiger partial charge < -0.3 is 5.73 Å². The topological polar surface area (TPSA) is 73.0 Å². The molecule has 0 aliphatic heterocycles. The molecule has 15 heavy (non-hydrogen) atoms. The average Bonchev–Trinajstić information content (AvgIpc) is 2.18. The molecular weight excluding hydrogens is 192 g/mol. The van der Waals surface area contributed by atoms with E-state index in [9.17, 15) is 9.59 Å². The number of amides is 1. The Balaban J connectivity index is 2.59. The Labute approximate surface area is 87.5 Å². The minimum atomic E-state index is -0.534. The highest BCUT2D eigenvalue weighted by atomic mass is 16.1. The first-order chi connectivity index (χ1) is 7.09. The van der Waals surface area contributed by atoms with Crippen molar-refractivity contribution in [1.29, 1.82) is 0 Å². The van der Waals surface area contributed by atoms with E-state index in [4.69, 9.17) is 5.73 Å². The zero-order chi connectivity index (χ0) is 11.0. The molecule has 2 N–H and O–H groups in total. The number of hydrogen-bond donors (Lipinski definition) is 1. The van der Waals surface area contributed by atoms with Gasteiger partial charge in [-0.15, -0.1) is 0 Å². The second-order valence-corrected chi connectivity index (χ2v) is 3.79. The van der Waals surface area contributed by atoms with Gasteiger partial charge in [-0.2, -0.15) is 0 Å². The number of hydrogen-bond acceptors (Lipinski definition) is 3. The number of rotatable bonds is 1. The molecule has 1 aliphatic rings. The number of primary amides is 1. The molecule has 0 saturated carbocycles. The van der Waals surface area contributed by atoms with E-state index < -0.39 is 5.91 Å². The Morgan fingerprint density at radius 1 is 1.47 bits per heavy atom. The Bertz CT molecular complexity index is 452. The van der Waals surface area contributed by atoms with Gasteiger partial charge in [-0.1, -0.05) is 0 Å². The van der Waals surface area contributed by atoms with Crippen molar-refractivity contribution in [3.63, 3.8) is 0 Å². The minimum Gasteiger partial charge on any atom is -0.364 e. The summed E-state index contributed by atoms with van der Waals surface area (Å²) in [5, 5.41) is 0. The van der Waals surface area contributed by atoms with Gasteiger partial charge in [-0.3, -0.25) is 9.59 Å². The van der Waals surface area contributed by atoms with Gasteiger partial charge in [0.2, 0.25) is 0 Å². The summed E-state index contributed by atoms with van der Waals surface area (Å²) >= 11 is 0. The molecule has 2 rings (SSSR count). The molecule has 0 spiro atoms. The highest BCUT2D eigenvalue weighted by Gasteiger charge is 2.21. The molecule has 0 saturated heterocycles. The summed E-state index contributed by atoms with van der Waals surface area (Å²) in [5.74, 6) is -0.420. The molecule has 1 aliphatic carbocycles. The number of ketones is 1. The van der Waals surface area contributed by atoms with Crippen molar-refractivity contribution in [3.05, 3.63) is 28.6 Å². The van der Waals surface area contributed by atoms with Crippen LogP contribution < -0.4 is 5.73 Å². The molecule has 0 bridgehead atoms. The fraction of sp³-hybridized carbons (Fsp3) is 0.364. The number of carbonyl (C=O) groups is 2. The molecule has 1 amide bonds. The zero-order valence-electron chi connectivity index (χ0n) is 8.54. The molecule has 0 unspecified atom stereocenters. The summed E-state index contributed by atoms with van der Waals surface area (Å²) < 4.78 is 0. The van der Waals surface area contributed by atoms with E-state index in [1.807, 2.05) is 0 Å². The second kappa shape index (κ2) is 3.46. The van der Waals surface area contributed by atoms with Gasteiger partial charge in [-0.25, -0.2) is 4.98 Å². The summed E-state index contributed by atoms with van der Waals surface area (Å²) in [6.45, 7) is 1.75. The molecule has 0 atom stereocenters. The molecule has 78 valence electrons. The molecular formula is C11H12N2O2. The number of carbonyl (C=O) groups excluding carboxylic acids is 2. The fourth-order valence-corrected chi connectivity index (χ4v) is 1.88. The van der Waals surface area contributed by atoms with Crippen molar-refractivity contribution in [1.82, 2.24) is 4.98 Å². The predicted molar refractivity (Wildman–Crippen MR) is 54.8 cm³/mol. The van der Waals surface area contributed by atoms with Gasteiger partial charge >= 0.3 is 0 Å². The quantitative estimate of drug-likeness (QED) is 0.741. The molecule has 0 fully saturated rings. The van der Waals surface area contributed by atoms with Gasteiger partial charge in [0, 0.05) is 12.0 Å².